The van der Waals surface area contributed by atoms with Crippen molar-refractivity contribution in [1.29, 1.82) is 0 Å². The standard InChI is InChI=1S/C15H14O/c1-9-10(2)14-11(3)15(16-14)13(9)12-7-5-4-6-8-12/h4-8H,1-3H3. The third-order valence-electron chi connectivity index (χ3n) is 3.45. The summed E-state index contributed by atoms with van der Waals surface area (Å²) in [4.78, 5) is 0. The first-order valence-corrected chi connectivity index (χ1v) is 5.57. The summed E-state index contributed by atoms with van der Waals surface area (Å²) in [7, 11) is 0. The SMILES string of the molecule is Cc1c(C)c(-c2ccccc2)c2c(C)c1O2. The summed E-state index contributed by atoms with van der Waals surface area (Å²) in [6.45, 7) is 6.44. The molecular weight excluding hydrogens is 196 g/mol. The quantitative estimate of drug-likeness (QED) is 0.579. The molecule has 16 heavy (non-hydrogen) atoms. The van der Waals surface area contributed by atoms with Crippen molar-refractivity contribution in [3.05, 3.63) is 47.0 Å². The fraction of sp³-hybridized carbons (Fsp3) is 0.200. The van der Waals surface area contributed by atoms with E-state index in [0.29, 0.717) is 0 Å². The van der Waals surface area contributed by atoms with Gasteiger partial charge in [0, 0.05) is 11.1 Å². The van der Waals surface area contributed by atoms with Crippen LogP contribution in [-0.2, 0) is 0 Å². The number of aryl methyl sites for hydroxylation is 1. The molecule has 0 atom stereocenters. The minimum absolute atomic E-state index is 1.06. The first-order chi connectivity index (χ1) is 7.70. The highest BCUT2D eigenvalue weighted by Gasteiger charge is 2.28. The molecule has 2 aromatic carbocycles. The topological polar surface area (TPSA) is 9.23 Å². The van der Waals surface area contributed by atoms with Gasteiger partial charge in [-0.1, -0.05) is 30.3 Å². The Labute approximate surface area is 95.7 Å². The van der Waals surface area contributed by atoms with E-state index in [1.54, 1.807) is 0 Å². The lowest BCUT2D eigenvalue weighted by atomic mass is 9.89. The second kappa shape index (κ2) is 3.11. The molecule has 2 aromatic rings. The average molecular weight is 210 g/mol. The van der Waals surface area contributed by atoms with Crippen molar-refractivity contribution < 1.29 is 4.74 Å². The van der Waals surface area contributed by atoms with E-state index in [9.17, 15) is 0 Å². The summed E-state index contributed by atoms with van der Waals surface area (Å²) < 4.78 is 5.74. The lowest BCUT2D eigenvalue weighted by molar-refractivity contribution is 0.423. The molecular formula is C15H14O. The zero-order valence-electron chi connectivity index (χ0n) is 9.79. The molecule has 0 radical (unpaired) electrons. The Morgan fingerprint density at radius 3 is 2.06 bits per heavy atom. The molecule has 2 aliphatic rings. The molecule has 0 fully saturated rings. The maximum atomic E-state index is 5.74. The van der Waals surface area contributed by atoms with E-state index in [0.717, 1.165) is 11.5 Å². The molecule has 0 N–H and O–H groups in total. The molecule has 0 saturated heterocycles. The first kappa shape index (κ1) is 9.46. The summed E-state index contributed by atoms with van der Waals surface area (Å²) >= 11 is 0. The van der Waals surface area contributed by atoms with Gasteiger partial charge in [-0.3, -0.25) is 0 Å². The Balaban J connectivity index is 2.31. The molecule has 4 rings (SSSR count). The van der Waals surface area contributed by atoms with E-state index < -0.39 is 0 Å². The maximum Gasteiger partial charge on any atom is 0.142 e. The Bertz CT molecular complexity index is 564. The lowest BCUT2D eigenvalue weighted by Crippen LogP contribution is -2.08. The lowest BCUT2D eigenvalue weighted by Gasteiger charge is -2.30. The highest BCUT2D eigenvalue weighted by Crippen LogP contribution is 2.52. The minimum Gasteiger partial charge on any atom is -0.456 e. The summed E-state index contributed by atoms with van der Waals surface area (Å²) in [6, 6.07) is 10.5. The largest absolute Gasteiger partial charge is 0.456 e. The zero-order valence-corrected chi connectivity index (χ0v) is 9.79. The van der Waals surface area contributed by atoms with E-state index in [1.165, 1.54) is 27.8 Å². The number of fused-ring (bicyclic) bond motifs is 2. The Morgan fingerprint density at radius 2 is 1.44 bits per heavy atom. The molecule has 80 valence electrons. The number of rotatable bonds is 1. The van der Waals surface area contributed by atoms with Gasteiger partial charge in [0.15, 0.2) is 0 Å². The molecule has 2 aliphatic heterocycles. The van der Waals surface area contributed by atoms with Gasteiger partial charge >= 0.3 is 0 Å². The van der Waals surface area contributed by atoms with Crippen LogP contribution < -0.4 is 4.74 Å². The van der Waals surface area contributed by atoms with Gasteiger partial charge in [-0.15, -0.1) is 0 Å². The molecule has 0 aliphatic carbocycles. The third kappa shape index (κ3) is 1.06. The molecule has 0 spiro atoms. The molecule has 1 heteroatoms. The van der Waals surface area contributed by atoms with Crippen LogP contribution in [0.25, 0.3) is 11.1 Å². The number of benzene rings is 2. The molecule has 0 aromatic heterocycles. The number of hydrogen-bond acceptors (Lipinski definition) is 1. The van der Waals surface area contributed by atoms with Gasteiger partial charge in [0.25, 0.3) is 0 Å². The van der Waals surface area contributed by atoms with Crippen molar-refractivity contribution in [2.75, 3.05) is 0 Å². The van der Waals surface area contributed by atoms with Gasteiger partial charge in [0.2, 0.25) is 0 Å². The predicted octanol–water partition coefficient (Wildman–Crippen LogP) is 4.38. The average Bonchev–Trinajstić information content (AvgIpc) is 2.32. The second-order valence-electron chi connectivity index (χ2n) is 4.38. The molecule has 0 saturated carbocycles. The molecule has 2 heterocycles. The number of ether oxygens (including phenoxy) is 1. The predicted molar refractivity (Wildman–Crippen MR) is 66.2 cm³/mol. The normalized spacial score (nSPS) is 11.9. The fourth-order valence-corrected chi connectivity index (χ4v) is 2.39. The second-order valence-corrected chi connectivity index (χ2v) is 4.38. The van der Waals surface area contributed by atoms with Gasteiger partial charge in [0.1, 0.15) is 11.5 Å². The Hall–Kier alpha value is -1.76. The van der Waals surface area contributed by atoms with Crippen molar-refractivity contribution in [1.82, 2.24) is 0 Å². The van der Waals surface area contributed by atoms with Crippen molar-refractivity contribution >= 4 is 0 Å². The van der Waals surface area contributed by atoms with Crippen LogP contribution in [0.3, 0.4) is 0 Å². The van der Waals surface area contributed by atoms with Crippen LogP contribution in [-0.4, -0.2) is 0 Å². The van der Waals surface area contributed by atoms with E-state index >= 15 is 0 Å². The molecule has 1 nitrogen and oxygen atoms in total. The van der Waals surface area contributed by atoms with Crippen LogP contribution in [0.2, 0.25) is 0 Å². The van der Waals surface area contributed by atoms with Gasteiger partial charge in [0.05, 0.1) is 0 Å². The summed E-state index contributed by atoms with van der Waals surface area (Å²) in [5.41, 5.74) is 6.40. The van der Waals surface area contributed by atoms with E-state index in [-0.39, 0.29) is 0 Å². The Kier molecular flexibility index (Phi) is 1.84. The van der Waals surface area contributed by atoms with Gasteiger partial charge in [-0.05, 0) is 37.5 Å². The van der Waals surface area contributed by atoms with Gasteiger partial charge in [-0.2, -0.15) is 0 Å². The minimum atomic E-state index is 1.06. The maximum absolute atomic E-state index is 5.74. The molecule has 0 unspecified atom stereocenters. The zero-order chi connectivity index (χ0) is 11.3. The van der Waals surface area contributed by atoms with Crippen LogP contribution in [0.5, 0.6) is 11.5 Å². The summed E-state index contributed by atoms with van der Waals surface area (Å²) in [5, 5.41) is 0. The van der Waals surface area contributed by atoms with E-state index in [4.69, 9.17) is 4.74 Å². The van der Waals surface area contributed by atoms with Gasteiger partial charge in [-0.25, -0.2) is 0 Å². The van der Waals surface area contributed by atoms with Crippen LogP contribution in [0.4, 0.5) is 0 Å². The van der Waals surface area contributed by atoms with Crippen LogP contribution in [0, 0.1) is 20.8 Å². The number of hydrogen-bond donors (Lipinski definition) is 0. The van der Waals surface area contributed by atoms with Crippen LogP contribution >= 0.6 is 0 Å². The third-order valence-corrected chi connectivity index (χ3v) is 3.45. The Morgan fingerprint density at radius 1 is 0.750 bits per heavy atom. The molecule has 2 bridgehead atoms. The highest BCUT2D eigenvalue weighted by molar-refractivity contribution is 5.83. The summed E-state index contributed by atoms with van der Waals surface area (Å²) in [6.07, 6.45) is 0. The molecule has 0 amide bonds. The highest BCUT2D eigenvalue weighted by atomic mass is 16.5. The van der Waals surface area contributed by atoms with Crippen LogP contribution in [0.15, 0.2) is 30.3 Å². The van der Waals surface area contributed by atoms with Crippen molar-refractivity contribution in [3.8, 4) is 22.6 Å². The first-order valence-electron chi connectivity index (χ1n) is 5.57. The van der Waals surface area contributed by atoms with Crippen LogP contribution in [0.1, 0.15) is 16.7 Å². The smallest absolute Gasteiger partial charge is 0.142 e. The van der Waals surface area contributed by atoms with Gasteiger partial charge < -0.3 is 4.74 Å². The van der Waals surface area contributed by atoms with Crippen molar-refractivity contribution in [3.63, 3.8) is 0 Å². The monoisotopic (exact) mass is 210 g/mol. The van der Waals surface area contributed by atoms with E-state index in [2.05, 4.69) is 45.0 Å². The van der Waals surface area contributed by atoms with E-state index in [1.807, 2.05) is 6.07 Å². The van der Waals surface area contributed by atoms with Crippen molar-refractivity contribution in [2.24, 2.45) is 0 Å². The fourth-order valence-electron chi connectivity index (χ4n) is 2.39. The van der Waals surface area contributed by atoms with Crippen molar-refractivity contribution in [2.45, 2.75) is 20.8 Å². The summed E-state index contributed by atoms with van der Waals surface area (Å²) in [5.74, 6) is 2.14.